The van der Waals surface area contributed by atoms with E-state index in [0.29, 0.717) is 12.5 Å². The highest BCUT2D eigenvalue weighted by Crippen LogP contribution is 2.40. The maximum atomic E-state index is 11.0. The first-order chi connectivity index (χ1) is 4.79. The van der Waals surface area contributed by atoms with Gasteiger partial charge in [-0.05, 0) is 31.3 Å². The molecule has 0 radical (unpaired) electrons. The van der Waals surface area contributed by atoms with E-state index in [4.69, 9.17) is 4.74 Å². The molecule has 1 heterocycles. The number of cyclic esters (lactones) is 1. The van der Waals surface area contributed by atoms with Crippen LogP contribution in [0.25, 0.3) is 0 Å². The molecule has 0 aromatic heterocycles. The third kappa shape index (κ3) is 0.753. The normalized spacial score (nSPS) is 25.5. The number of hydrogen-bond donors (Lipinski definition) is 0. The molecule has 0 saturated heterocycles. The quantitative estimate of drug-likeness (QED) is 0.510. The summed E-state index contributed by atoms with van der Waals surface area (Å²) in [4.78, 5) is 11.0. The van der Waals surface area contributed by atoms with Crippen molar-refractivity contribution in [2.45, 2.75) is 19.8 Å². The van der Waals surface area contributed by atoms with Crippen molar-refractivity contribution in [2.24, 2.45) is 5.92 Å². The van der Waals surface area contributed by atoms with Gasteiger partial charge in [0.1, 0.15) is 6.61 Å². The van der Waals surface area contributed by atoms with Crippen LogP contribution in [0.3, 0.4) is 0 Å². The number of carbonyl (C=O) groups excluding carboxylic acids is 1. The van der Waals surface area contributed by atoms with Gasteiger partial charge in [-0.15, -0.1) is 0 Å². The van der Waals surface area contributed by atoms with Gasteiger partial charge in [0, 0.05) is 5.57 Å². The zero-order valence-corrected chi connectivity index (χ0v) is 6.02. The highest BCUT2D eigenvalue weighted by molar-refractivity contribution is 5.92. The molecular weight excluding hydrogens is 128 g/mol. The minimum Gasteiger partial charge on any atom is -0.458 e. The molecule has 0 amide bonds. The molecule has 0 bridgehead atoms. The summed E-state index contributed by atoms with van der Waals surface area (Å²) in [7, 11) is 0. The molecule has 0 atom stereocenters. The molecule has 2 nitrogen and oxygen atoms in total. The molecule has 0 spiro atoms. The standard InChI is InChI=1S/C8H10O2/c1-5-4-10-8(9)7(5)6-2-3-6/h6H,2-4H2,1H3. The summed E-state index contributed by atoms with van der Waals surface area (Å²) < 4.78 is 4.87. The molecule has 1 saturated carbocycles. The van der Waals surface area contributed by atoms with Crippen molar-refractivity contribution in [3.05, 3.63) is 11.1 Å². The minimum atomic E-state index is -0.0694. The Morgan fingerprint density at radius 1 is 1.50 bits per heavy atom. The summed E-state index contributed by atoms with van der Waals surface area (Å²) in [6.07, 6.45) is 2.36. The molecular formula is C8H10O2. The Hall–Kier alpha value is -0.790. The molecule has 2 rings (SSSR count). The second-order valence-corrected chi connectivity index (χ2v) is 3.04. The van der Waals surface area contributed by atoms with E-state index in [0.717, 1.165) is 11.1 Å². The van der Waals surface area contributed by atoms with Crippen molar-refractivity contribution >= 4 is 5.97 Å². The Balaban J connectivity index is 2.27. The van der Waals surface area contributed by atoms with E-state index in [-0.39, 0.29) is 5.97 Å². The monoisotopic (exact) mass is 138 g/mol. The molecule has 1 aliphatic heterocycles. The number of ether oxygens (including phenoxy) is 1. The van der Waals surface area contributed by atoms with E-state index >= 15 is 0 Å². The van der Waals surface area contributed by atoms with Crippen molar-refractivity contribution in [2.75, 3.05) is 6.61 Å². The van der Waals surface area contributed by atoms with Gasteiger partial charge in [0.2, 0.25) is 0 Å². The molecule has 0 unspecified atom stereocenters. The van der Waals surface area contributed by atoms with Crippen molar-refractivity contribution in [3.8, 4) is 0 Å². The predicted octanol–water partition coefficient (Wildman–Crippen LogP) is 1.27. The first-order valence-electron chi connectivity index (χ1n) is 3.66. The maximum absolute atomic E-state index is 11.0. The van der Waals surface area contributed by atoms with E-state index in [1.165, 1.54) is 12.8 Å². The van der Waals surface area contributed by atoms with Crippen molar-refractivity contribution in [1.29, 1.82) is 0 Å². The Morgan fingerprint density at radius 2 is 2.20 bits per heavy atom. The van der Waals surface area contributed by atoms with Gasteiger partial charge in [0.25, 0.3) is 0 Å². The average Bonchev–Trinajstić information content (AvgIpc) is 2.64. The summed E-state index contributed by atoms with van der Waals surface area (Å²) in [5.41, 5.74) is 2.12. The first-order valence-corrected chi connectivity index (χ1v) is 3.66. The second-order valence-electron chi connectivity index (χ2n) is 3.04. The Labute approximate surface area is 59.9 Å². The lowest BCUT2D eigenvalue weighted by atomic mass is 10.1. The van der Waals surface area contributed by atoms with Crippen molar-refractivity contribution < 1.29 is 9.53 Å². The second kappa shape index (κ2) is 1.84. The topological polar surface area (TPSA) is 26.3 Å². The molecule has 0 N–H and O–H groups in total. The summed E-state index contributed by atoms with van der Waals surface area (Å²) in [5.74, 6) is 0.481. The Kier molecular flexibility index (Phi) is 1.10. The van der Waals surface area contributed by atoms with E-state index < -0.39 is 0 Å². The first kappa shape index (κ1) is 5.96. The number of rotatable bonds is 1. The molecule has 10 heavy (non-hydrogen) atoms. The zero-order valence-electron chi connectivity index (χ0n) is 6.02. The van der Waals surface area contributed by atoms with Crippen LogP contribution >= 0.6 is 0 Å². The number of hydrogen-bond acceptors (Lipinski definition) is 2. The smallest absolute Gasteiger partial charge is 0.334 e. The lowest BCUT2D eigenvalue weighted by Gasteiger charge is -1.92. The van der Waals surface area contributed by atoms with Gasteiger partial charge in [-0.1, -0.05) is 0 Å². The Bertz CT molecular complexity index is 211. The van der Waals surface area contributed by atoms with Crippen LogP contribution in [0, 0.1) is 5.92 Å². The van der Waals surface area contributed by atoms with Crippen molar-refractivity contribution in [1.82, 2.24) is 0 Å². The molecule has 0 aromatic rings. The lowest BCUT2D eigenvalue weighted by molar-refractivity contribution is -0.136. The highest BCUT2D eigenvalue weighted by atomic mass is 16.5. The highest BCUT2D eigenvalue weighted by Gasteiger charge is 2.35. The maximum Gasteiger partial charge on any atom is 0.334 e. The molecule has 1 aliphatic carbocycles. The van der Waals surface area contributed by atoms with Gasteiger partial charge in [-0.25, -0.2) is 4.79 Å². The van der Waals surface area contributed by atoms with Gasteiger partial charge in [-0.2, -0.15) is 0 Å². The Morgan fingerprint density at radius 3 is 2.60 bits per heavy atom. The fourth-order valence-corrected chi connectivity index (χ4v) is 1.39. The largest absolute Gasteiger partial charge is 0.458 e. The molecule has 54 valence electrons. The fourth-order valence-electron chi connectivity index (χ4n) is 1.39. The van der Waals surface area contributed by atoms with E-state index in [1.807, 2.05) is 6.92 Å². The third-order valence-corrected chi connectivity index (χ3v) is 2.09. The van der Waals surface area contributed by atoms with Crippen LogP contribution in [0.5, 0.6) is 0 Å². The molecule has 2 heteroatoms. The van der Waals surface area contributed by atoms with Crippen LogP contribution in [0.4, 0.5) is 0 Å². The van der Waals surface area contributed by atoms with Crippen LogP contribution in [0.15, 0.2) is 11.1 Å². The SMILES string of the molecule is CC1=C(C2CC2)C(=O)OC1. The average molecular weight is 138 g/mol. The van der Waals surface area contributed by atoms with Crippen LogP contribution in [0.2, 0.25) is 0 Å². The van der Waals surface area contributed by atoms with Gasteiger partial charge in [0.05, 0.1) is 0 Å². The molecule has 2 aliphatic rings. The van der Waals surface area contributed by atoms with Crippen LogP contribution in [-0.2, 0) is 9.53 Å². The van der Waals surface area contributed by atoms with Crippen molar-refractivity contribution in [3.63, 3.8) is 0 Å². The summed E-state index contributed by atoms with van der Waals surface area (Å²) in [6, 6.07) is 0. The summed E-state index contributed by atoms with van der Waals surface area (Å²) in [5, 5.41) is 0. The fraction of sp³-hybridized carbons (Fsp3) is 0.625. The van der Waals surface area contributed by atoms with E-state index in [1.54, 1.807) is 0 Å². The minimum absolute atomic E-state index is 0.0694. The number of carbonyl (C=O) groups is 1. The summed E-state index contributed by atoms with van der Waals surface area (Å²) in [6.45, 7) is 2.52. The number of esters is 1. The summed E-state index contributed by atoms with van der Waals surface area (Å²) >= 11 is 0. The van der Waals surface area contributed by atoms with Crippen LogP contribution < -0.4 is 0 Å². The van der Waals surface area contributed by atoms with Gasteiger partial charge in [0.15, 0.2) is 0 Å². The molecule has 1 fully saturated rings. The van der Waals surface area contributed by atoms with Gasteiger partial charge < -0.3 is 4.74 Å². The zero-order chi connectivity index (χ0) is 7.14. The lowest BCUT2D eigenvalue weighted by Crippen LogP contribution is -2.00. The van der Waals surface area contributed by atoms with E-state index in [9.17, 15) is 4.79 Å². The van der Waals surface area contributed by atoms with Gasteiger partial charge in [-0.3, -0.25) is 0 Å². The van der Waals surface area contributed by atoms with Crippen LogP contribution in [-0.4, -0.2) is 12.6 Å². The van der Waals surface area contributed by atoms with Gasteiger partial charge >= 0.3 is 5.97 Å². The van der Waals surface area contributed by atoms with Crippen LogP contribution in [0.1, 0.15) is 19.8 Å². The van der Waals surface area contributed by atoms with E-state index in [2.05, 4.69) is 0 Å². The molecule has 0 aromatic carbocycles. The third-order valence-electron chi connectivity index (χ3n) is 2.09. The predicted molar refractivity (Wildman–Crippen MR) is 36.4 cm³/mol.